The van der Waals surface area contributed by atoms with Crippen LogP contribution in [0.3, 0.4) is 0 Å². The van der Waals surface area contributed by atoms with E-state index in [4.69, 9.17) is 14.2 Å². The van der Waals surface area contributed by atoms with Crippen molar-refractivity contribution in [3.8, 4) is 11.5 Å². The van der Waals surface area contributed by atoms with Gasteiger partial charge in [0.15, 0.2) is 17.3 Å². The van der Waals surface area contributed by atoms with Crippen LogP contribution in [0.25, 0.3) is 0 Å². The molecule has 0 saturated carbocycles. The van der Waals surface area contributed by atoms with E-state index in [9.17, 15) is 9.59 Å². The lowest BCUT2D eigenvalue weighted by atomic mass is 9.68. The van der Waals surface area contributed by atoms with Crippen molar-refractivity contribution < 1.29 is 23.8 Å². The maximum atomic E-state index is 13.5. The van der Waals surface area contributed by atoms with E-state index in [1.165, 1.54) is 6.08 Å². The number of carbonyl (C=O) groups is 2. The Morgan fingerprint density at radius 1 is 1.14 bits per heavy atom. The largest absolute Gasteiger partial charge is 0.493 e. The van der Waals surface area contributed by atoms with Crippen LogP contribution in [0, 0.1) is 5.41 Å². The third-order valence-corrected chi connectivity index (χ3v) is 6.55. The molecule has 1 atom stereocenters. The predicted octanol–water partition coefficient (Wildman–Crippen LogP) is 5.61. The van der Waals surface area contributed by atoms with Gasteiger partial charge in [0, 0.05) is 29.3 Å². The smallest absolute Gasteiger partial charge is 0.337 e. The molecule has 0 radical (unpaired) electrons. The first-order valence-electron chi connectivity index (χ1n) is 12.1. The summed E-state index contributed by atoms with van der Waals surface area (Å²) in [6, 6.07) is 15.5. The molecule has 1 aliphatic heterocycles. The molecule has 0 saturated heterocycles. The molecule has 0 spiro atoms. The van der Waals surface area contributed by atoms with Crippen molar-refractivity contribution in [2.24, 2.45) is 5.41 Å². The van der Waals surface area contributed by atoms with Gasteiger partial charge in [-0.3, -0.25) is 4.79 Å². The fraction of sp³-hybridized carbons (Fsp3) is 0.333. The number of ketones is 1. The zero-order valence-corrected chi connectivity index (χ0v) is 21.4. The van der Waals surface area contributed by atoms with Gasteiger partial charge >= 0.3 is 5.97 Å². The van der Waals surface area contributed by atoms with E-state index in [1.807, 2.05) is 55.5 Å². The van der Waals surface area contributed by atoms with Crippen molar-refractivity contribution >= 4 is 11.8 Å². The molecule has 0 aromatic heterocycles. The molecule has 1 aliphatic carbocycles. The molecule has 36 heavy (non-hydrogen) atoms. The van der Waals surface area contributed by atoms with Crippen molar-refractivity contribution in [2.75, 3.05) is 13.7 Å². The molecule has 0 fully saturated rings. The number of dihydropyridines is 1. The van der Waals surface area contributed by atoms with Gasteiger partial charge in [0.05, 0.1) is 12.7 Å². The number of methoxy groups -OCH3 is 1. The molecular weight excluding hydrogens is 454 g/mol. The van der Waals surface area contributed by atoms with Gasteiger partial charge in [0.1, 0.15) is 13.2 Å². The second kappa shape index (κ2) is 10.4. The van der Waals surface area contributed by atoms with Crippen LogP contribution in [-0.4, -0.2) is 25.5 Å². The molecule has 6 nitrogen and oxygen atoms in total. The molecule has 4 rings (SSSR count). The molecule has 1 heterocycles. The summed E-state index contributed by atoms with van der Waals surface area (Å²) in [6.45, 7) is 10.1. The number of Topliss-reactive ketones (excluding diaryl/α,β-unsaturated/α-hetero) is 1. The predicted molar refractivity (Wildman–Crippen MR) is 139 cm³/mol. The lowest BCUT2D eigenvalue weighted by Gasteiger charge is -2.39. The number of allylic oxidation sites excluding steroid dienone is 3. The summed E-state index contributed by atoms with van der Waals surface area (Å²) in [5.41, 5.74) is 4.23. The summed E-state index contributed by atoms with van der Waals surface area (Å²) in [5.74, 6) is 0.102. The highest BCUT2D eigenvalue weighted by molar-refractivity contribution is 6.04. The fourth-order valence-corrected chi connectivity index (χ4v) is 4.97. The lowest BCUT2D eigenvalue weighted by Crippen LogP contribution is -2.38. The van der Waals surface area contributed by atoms with Gasteiger partial charge in [-0.05, 0) is 42.0 Å². The van der Waals surface area contributed by atoms with Crippen LogP contribution in [0.1, 0.15) is 50.7 Å². The van der Waals surface area contributed by atoms with E-state index in [1.54, 1.807) is 7.11 Å². The van der Waals surface area contributed by atoms with E-state index in [0.29, 0.717) is 47.8 Å². The normalized spacial score (nSPS) is 18.8. The first-order chi connectivity index (χ1) is 17.2. The van der Waals surface area contributed by atoms with Gasteiger partial charge < -0.3 is 19.5 Å². The number of esters is 1. The summed E-state index contributed by atoms with van der Waals surface area (Å²) in [7, 11) is 1.58. The Morgan fingerprint density at radius 3 is 2.58 bits per heavy atom. The first-order valence-corrected chi connectivity index (χ1v) is 12.1. The zero-order chi connectivity index (χ0) is 25.9. The Kier molecular flexibility index (Phi) is 7.34. The second-order valence-electron chi connectivity index (χ2n) is 10.0. The van der Waals surface area contributed by atoms with E-state index in [2.05, 4.69) is 25.7 Å². The van der Waals surface area contributed by atoms with E-state index >= 15 is 0 Å². The van der Waals surface area contributed by atoms with Gasteiger partial charge in [-0.25, -0.2) is 4.79 Å². The molecule has 1 N–H and O–H groups in total. The third-order valence-electron chi connectivity index (χ3n) is 6.55. The monoisotopic (exact) mass is 487 g/mol. The molecule has 0 unspecified atom stereocenters. The number of rotatable bonds is 8. The fourth-order valence-electron chi connectivity index (χ4n) is 4.97. The number of ether oxygens (including phenoxy) is 3. The number of hydrogen-bond acceptors (Lipinski definition) is 6. The minimum atomic E-state index is -0.570. The number of hydrogen-bond donors (Lipinski definition) is 1. The van der Waals surface area contributed by atoms with Crippen LogP contribution < -0.4 is 14.8 Å². The average Bonchev–Trinajstić information content (AvgIpc) is 2.85. The summed E-state index contributed by atoms with van der Waals surface area (Å²) in [4.78, 5) is 26.6. The summed E-state index contributed by atoms with van der Waals surface area (Å²) >= 11 is 0. The topological polar surface area (TPSA) is 73.9 Å². The zero-order valence-electron chi connectivity index (χ0n) is 21.4. The maximum absolute atomic E-state index is 13.5. The number of carbonyl (C=O) groups excluding carboxylic acids is 2. The van der Waals surface area contributed by atoms with Gasteiger partial charge in [-0.15, -0.1) is 0 Å². The van der Waals surface area contributed by atoms with Crippen molar-refractivity contribution in [1.29, 1.82) is 0 Å². The van der Waals surface area contributed by atoms with Gasteiger partial charge in [-0.2, -0.15) is 0 Å². The van der Waals surface area contributed by atoms with Crippen molar-refractivity contribution in [2.45, 2.75) is 46.1 Å². The molecule has 6 heteroatoms. The molecule has 188 valence electrons. The Hall–Kier alpha value is -3.80. The second-order valence-corrected chi connectivity index (χ2v) is 10.0. The van der Waals surface area contributed by atoms with Gasteiger partial charge in [0.25, 0.3) is 0 Å². The number of nitrogens with one attached hydrogen (secondary N) is 1. The molecule has 2 aromatic carbocycles. The van der Waals surface area contributed by atoms with Crippen LogP contribution >= 0.6 is 0 Å². The molecule has 2 aliphatic rings. The van der Waals surface area contributed by atoms with E-state index in [0.717, 1.165) is 16.8 Å². The first kappa shape index (κ1) is 25.3. The molecular formula is C30H33NO5. The minimum absolute atomic E-state index is 0.0311. The van der Waals surface area contributed by atoms with Crippen molar-refractivity contribution in [3.05, 3.63) is 94.9 Å². The van der Waals surface area contributed by atoms with Crippen LogP contribution in [0.5, 0.6) is 11.5 Å². The van der Waals surface area contributed by atoms with Crippen molar-refractivity contribution in [3.63, 3.8) is 0 Å². The Balaban J connectivity index is 1.75. The average molecular weight is 488 g/mol. The Bertz CT molecular complexity index is 1240. The highest BCUT2D eigenvalue weighted by atomic mass is 16.5. The van der Waals surface area contributed by atoms with E-state index < -0.39 is 11.9 Å². The summed E-state index contributed by atoms with van der Waals surface area (Å²) in [6.07, 6.45) is 2.65. The quantitative estimate of drug-likeness (QED) is 0.386. The van der Waals surface area contributed by atoms with Crippen LogP contribution in [0.15, 0.2) is 83.7 Å². The highest BCUT2D eigenvalue weighted by Gasteiger charge is 2.43. The van der Waals surface area contributed by atoms with Gasteiger partial charge in [-0.1, -0.05) is 62.9 Å². The lowest BCUT2D eigenvalue weighted by molar-refractivity contribution is -0.138. The van der Waals surface area contributed by atoms with Crippen LogP contribution in [0.4, 0.5) is 0 Å². The standard InChI is InChI=1S/C30H33NO5/c1-6-14-35-29(33)26-19(2)31-22-16-30(3,4)17-23(32)28(22)27(26)21-12-13-24(25(15-21)34-5)36-18-20-10-8-7-9-11-20/h6-13,15,27,31H,1,14,16-18H2,2-5H3/t27-/m0/s1. The molecule has 0 bridgehead atoms. The van der Waals surface area contributed by atoms with Gasteiger partial charge in [0.2, 0.25) is 0 Å². The molecule has 2 aromatic rings. The SMILES string of the molecule is C=CCOC(=O)C1=C(C)NC2=C(C(=O)CC(C)(C)C2)[C@H]1c1ccc(OCc2ccccc2)c(OC)c1. The summed E-state index contributed by atoms with van der Waals surface area (Å²) < 4.78 is 17.1. The van der Waals surface area contributed by atoms with Crippen LogP contribution in [-0.2, 0) is 20.9 Å². The third kappa shape index (κ3) is 5.23. The number of benzene rings is 2. The Morgan fingerprint density at radius 2 is 1.89 bits per heavy atom. The van der Waals surface area contributed by atoms with E-state index in [-0.39, 0.29) is 17.8 Å². The van der Waals surface area contributed by atoms with Crippen molar-refractivity contribution in [1.82, 2.24) is 5.32 Å². The summed E-state index contributed by atoms with van der Waals surface area (Å²) in [5, 5.41) is 3.35. The van der Waals surface area contributed by atoms with Crippen LogP contribution in [0.2, 0.25) is 0 Å². The minimum Gasteiger partial charge on any atom is -0.493 e. The highest BCUT2D eigenvalue weighted by Crippen LogP contribution is 2.48. The maximum Gasteiger partial charge on any atom is 0.337 e. The Labute approximate surface area is 212 Å². The molecule has 0 amide bonds.